The SMILES string of the molecule is CCC1(N2CC(Cc3ccccc3)NCC2C)CCC1. The molecule has 110 valence electrons. The molecule has 2 nitrogen and oxygen atoms in total. The average molecular weight is 272 g/mol. The Bertz CT molecular complexity index is 419. The molecule has 1 saturated heterocycles. The van der Waals surface area contributed by atoms with Gasteiger partial charge in [-0.1, -0.05) is 37.3 Å². The van der Waals surface area contributed by atoms with E-state index in [1.54, 1.807) is 0 Å². The van der Waals surface area contributed by atoms with Crippen LogP contribution in [0.25, 0.3) is 0 Å². The third-order valence-electron chi connectivity index (χ3n) is 5.53. The number of hydrogen-bond acceptors (Lipinski definition) is 2. The Morgan fingerprint density at radius 2 is 2.00 bits per heavy atom. The molecule has 20 heavy (non-hydrogen) atoms. The Balaban J connectivity index is 1.67. The van der Waals surface area contributed by atoms with Crippen molar-refractivity contribution in [2.24, 2.45) is 0 Å². The Labute approximate surface area is 123 Å². The van der Waals surface area contributed by atoms with Crippen molar-refractivity contribution < 1.29 is 0 Å². The molecule has 0 radical (unpaired) electrons. The lowest BCUT2D eigenvalue weighted by molar-refractivity contribution is -0.0378. The number of hydrogen-bond donors (Lipinski definition) is 1. The molecule has 3 rings (SSSR count). The highest BCUT2D eigenvalue weighted by Crippen LogP contribution is 2.42. The van der Waals surface area contributed by atoms with Gasteiger partial charge in [0.25, 0.3) is 0 Å². The molecular formula is C18H28N2. The van der Waals surface area contributed by atoms with Crippen LogP contribution >= 0.6 is 0 Å². The zero-order valence-electron chi connectivity index (χ0n) is 12.9. The van der Waals surface area contributed by atoms with Gasteiger partial charge in [-0.05, 0) is 44.6 Å². The first-order valence-electron chi connectivity index (χ1n) is 8.27. The second-order valence-electron chi connectivity index (χ2n) is 6.73. The highest BCUT2D eigenvalue weighted by molar-refractivity contribution is 5.16. The number of rotatable bonds is 4. The van der Waals surface area contributed by atoms with E-state index in [0.717, 1.165) is 13.0 Å². The molecule has 0 spiro atoms. The van der Waals surface area contributed by atoms with E-state index in [1.165, 1.54) is 37.8 Å². The minimum atomic E-state index is 0.524. The summed E-state index contributed by atoms with van der Waals surface area (Å²) >= 11 is 0. The highest BCUT2D eigenvalue weighted by Gasteiger charge is 2.44. The molecule has 1 N–H and O–H groups in total. The predicted octanol–water partition coefficient (Wildman–Crippen LogP) is 3.22. The fourth-order valence-electron chi connectivity index (χ4n) is 4.05. The molecule has 2 heteroatoms. The van der Waals surface area contributed by atoms with Gasteiger partial charge in [-0.3, -0.25) is 4.90 Å². The third-order valence-corrected chi connectivity index (χ3v) is 5.53. The lowest BCUT2D eigenvalue weighted by Crippen LogP contribution is -2.65. The van der Waals surface area contributed by atoms with Gasteiger partial charge in [0.05, 0.1) is 0 Å². The summed E-state index contributed by atoms with van der Waals surface area (Å²) in [6.45, 7) is 7.12. The van der Waals surface area contributed by atoms with Crippen LogP contribution in [0.4, 0.5) is 0 Å². The zero-order valence-corrected chi connectivity index (χ0v) is 12.9. The molecule has 1 heterocycles. The molecule has 1 aliphatic heterocycles. The van der Waals surface area contributed by atoms with Crippen LogP contribution in [0.2, 0.25) is 0 Å². The van der Waals surface area contributed by atoms with Gasteiger partial charge in [0.2, 0.25) is 0 Å². The molecule has 0 aromatic heterocycles. The van der Waals surface area contributed by atoms with Gasteiger partial charge >= 0.3 is 0 Å². The fourth-order valence-corrected chi connectivity index (χ4v) is 4.05. The summed E-state index contributed by atoms with van der Waals surface area (Å²) in [5.74, 6) is 0. The van der Waals surface area contributed by atoms with Crippen LogP contribution in [-0.4, -0.2) is 35.6 Å². The highest BCUT2D eigenvalue weighted by atomic mass is 15.3. The molecule has 0 amide bonds. The van der Waals surface area contributed by atoms with Gasteiger partial charge in [0, 0.05) is 30.7 Å². The van der Waals surface area contributed by atoms with Gasteiger partial charge in [-0.15, -0.1) is 0 Å². The normalized spacial score (nSPS) is 29.9. The van der Waals surface area contributed by atoms with Crippen molar-refractivity contribution in [3.8, 4) is 0 Å². The van der Waals surface area contributed by atoms with Gasteiger partial charge in [-0.25, -0.2) is 0 Å². The smallest absolute Gasteiger partial charge is 0.0236 e. The van der Waals surface area contributed by atoms with E-state index >= 15 is 0 Å². The van der Waals surface area contributed by atoms with Crippen LogP contribution in [0, 0.1) is 0 Å². The zero-order chi connectivity index (χ0) is 14.0. The Morgan fingerprint density at radius 1 is 1.25 bits per heavy atom. The van der Waals surface area contributed by atoms with E-state index in [0.29, 0.717) is 17.6 Å². The van der Waals surface area contributed by atoms with Crippen LogP contribution in [0.15, 0.2) is 30.3 Å². The maximum absolute atomic E-state index is 3.75. The summed E-state index contributed by atoms with van der Waals surface area (Å²) in [7, 11) is 0. The lowest BCUT2D eigenvalue weighted by atomic mass is 9.72. The van der Waals surface area contributed by atoms with Gasteiger partial charge < -0.3 is 5.32 Å². The van der Waals surface area contributed by atoms with Crippen molar-refractivity contribution in [2.45, 2.75) is 63.6 Å². The van der Waals surface area contributed by atoms with Crippen LogP contribution in [0.3, 0.4) is 0 Å². The Hall–Kier alpha value is -0.860. The van der Waals surface area contributed by atoms with Gasteiger partial charge in [-0.2, -0.15) is 0 Å². The van der Waals surface area contributed by atoms with Crippen molar-refractivity contribution in [1.82, 2.24) is 10.2 Å². The molecule has 2 unspecified atom stereocenters. The van der Waals surface area contributed by atoms with Crippen molar-refractivity contribution in [2.75, 3.05) is 13.1 Å². The Morgan fingerprint density at radius 3 is 2.60 bits per heavy atom. The lowest BCUT2D eigenvalue weighted by Gasteiger charge is -2.56. The fraction of sp³-hybridized carbons (Fsp3) is 0.667. The number of piperazine rings is 1. The Kier molecular flexibility index (Phi) is 4.13. The minimum absolute atomic E-state index is 0.524. The maximum atomic E-state index is 3.75. The second-order valence-corrected chi connectivity index (χ2v) is 6.73. The topological polar surface area (TPSA) is 15.3 Å². The second kappa shape index (κ2) is 5.87. The molecule has 1 aromatic carbocycles. The van der Waals surface area contributed by atoms with Crippen molar-refractivity contribution in [1.29, 1.82) is 0 Å². The number of nitrogens with zero attached hydrogens (tertiary/aromatic N) is 1. The summed E-state index contributed by atoms with van der Waals surface area (Å²) < 4.78 is 0. The standard InChI is InChI=1S/C18H28N2/c1-3-18(10-7-11-18)20-14-17(19-13-15(20)2)12-16-8-5-4-6-9-16/h4-6,8-9,15,17,19H,3,7,10-14H2,1-2H3. The summed E-state index contributed by atoms with van der Waals surface area (Å²) in [5, 5.41) is 3.75. The van der Waals surface area contributed by atoms with Crippen molar-refractivity contribution in [3.63, 3.8) is 0 Å². The number of nitrogens with one attached hydrogen (secondary N) is 1. The molecule has 0 bridgehead atoms. The first-order chi connectivity index (χ1) is 9.73. The van der Waals surface area contributed by atoms with Crippen molar-refractivity contribution in [3.05, 3.63) is 35.9 Å². The molecule has 1 aromatic rings. The molecular weight excluding hydrogens is 244 g/mol. The molecule has 1 saturated carbocycles. The maximum Gasteiger partial charge on any atom is 0.0236 e. The predicted molar refractivity (Wildman–Crippen MR) is 85.0 cm³/mol. The summed E-state index contributed by atoms with van der Waals surface area (Å²) in [6, 6.07) is 12.2. The van der Waals surface area contributed by atoms with Gasteiger partial charge in [0.1, 0.15) is 0 Å². The van der Waals surface area contributed by atoms with E-state index in [9.17, 15) is 0 Å². The molecule has 2 aliphatic rings. The summed E-state index contributed by atoms with van der Waals surface area (Å²) in [6.07, 6.45) is 6.71. The first-order valence-corrected chi connectivity index (χ1v) is 8.27. The molecule has 1 aliphatic carbocycles. The summed E-state index contributed by atoms with van der Waals surface area (Å²) in [4.78, 5) is 2.82. The average Bonchev–Trinajstić information content (AvgIpc) is 2.43. The van der Waals surface area contributed by atoms with Crippen molar-refractivity contribution >= 4 is 0 Å². The van der Waals surface area contributed by atoms with Crippen LogP contribution in [0.5, 0.6) is 0 Å². The van der Waals surface area contributed by atoms with Gasteiger partial charge in [0.15, 0.2) is 0 Å². The minimum Gasteiger partial charge on any atom is -0.311 e. The van der Waals surface area contributed by atoms with E-state index in [1.807, 2.05) is 0 Å². The molecule has 2 fully saturated rings. The quantitative estimate of drug-likeness (QED) is 0.905. The van der Waals surface area contributed by atoms with E-state index in [2.05, 4.69) is 54.4 Å². The van der Waals surface area contributed by atoms with Crippen LogP contribution < -0.4 is 5.32 Å². The summed E-state index contributed by atoms with van der Waals surface area (Å²) in [5.41, 5.74) is 1.98. The van der Waals surface area contributed by atoms with E-state index in [-0.39, 0.29) is 0 Å². The van der Waals surface area contributed by atoms with Crippen LogP contribution in [-0.2, 0) is 6.42 Å². The first kappa shape index (κ1) is 14.1. The number of benzene rings is 1. The third kappa shape index (κ3) is 2.64. The largest absolute Gasteiger partial charge is 0.311 e. The van der Waals surface area contributed by atoms with Crippen LogP contribution in [0.1, 0.15) is 45.1 Å². The van der Waals surface area contributed by atoms with E-state index in [4.69, 9.17) is 0 Å². The van der Waals surface area contributed by atoms with E-state index < -0.39 is 0 Å². The molecule has 2 atom stereocenters. The monoisotopic (exact) mass is 272 g/mol.